The monoisotopic (exact) mass is 489 g/mol. The summed E-state index contributed by atoms with van der Waals surface area (Å²) in [5.74, 6) is 0. The Morgan fingerprint density at radius 3 is 1.37 bits per heavy atom. The molecule has 0 saturated heterocycles. The quantitative estimate of drug-likeness (QED) is 0.229. The molecule has 1 heteroatoms. The van der Waals surface area contributed by atoms with Crippen LogP contribution in [0.2, 0.25) is 0 Å². The maximum atomic E-state index is 2.34. The van der Waals surface area contributed by atoms with Gasteiger partial charge in [0.15, 0.2) is 0 Å². The third-order valence-corrected chi connectivity index (χ3v) is 7.20. The van der Waals surface area contributed by atoms with Gasteiger partial charge in [-0.2, -0.15) is 0 Å². The third-order valence-electron chi connectivity index (χ3n) is 7.20. The van der Waals surface area contributed by atoms with E-state index in [0.717, 1.165) is 29.9 Å². The van der Waals surface area contributed by atoms with Gasteiger partial charge in [-0.3, -0.25) is 0 Å². The summed E-state index contributed by atoms with van der Waals surface area (Å²) in [6, 6.07) is 46.0. The van der Waals surface area contributed by atoms with E-state index >= 15 is 0 Å². The van der Waals surface area contributed by atoms with E-state index in [4.69, 9.17) is 0 Å². The number of hydrogen-bond donors (Lipinski definition) is 0. The molecule has 0 saturated carbocycles. The summed E-state index contributed by atoms with van der Waals surface area (Å²) in [6.07, 6.45) is 9.08. The lowest BCUT2D eigenvalue weighted by atomic mass is 9.99. The van der Waals surface area contributed by atoms with Crippen LogP contribution in [-0.4, -0.2) is 0 Å². The van der Waals surface area contributed by atoms with E-state index in [1.807, 2.05) is 0 Å². The molecule has 1 nitrogen and oxygen atoms in total. The first-order valence-electron chi connectivity index (χ1n) is 13.3. The van der Waals surface area contributed by atoms with Crippen LogP contribution in [0.15, 0.2) is 146 Å². The van der Waals surface area contributed by atoms with Crippen molar-refractivity contribution in [1.29, 1.82) is 0 Å². The standard InChI is InChI=1S/C37H31N/c1-28-12-14-31(15-13-28)34-20-26-37(27-21-34)38(35-22-16-32(17-23-35)29-8-4-2-5-9-29)36-24-18-33(19-25-36)30-10-6-3-7-11-30/h2,4-6,8-27H,3,7H2,1H3. The Morgan fingerprint density at radius 1 is 0.447 bits per heavy atom. The topological polar surface area (TPSA) is 3.24 Å². The van der Waals surface area contributed by atoms with Crippen molar-refractivity contribution in [2.75, 3.05) is 4.90 Å². The zero-order valence-corrected chi connectivity index (χ0v) is 21.7. The Bertz CT molecular complexity index is 1560. The van der Waals surface area contributed by atoms with Gasteiger partial charge in [0.05, 0.1) is 0 Å². The van der Waals surface area contributed by atoms with Crippen molar-refractivity contribution < 1.29 is 0 Å². The van der Waals surface area contributed by atoms with Crippen LogP contribution in [0.3, 0.4) is 0 Å². The Balaban J connectivity index is 1.37. The van der Waals surface area contributed by atoms with Crippen molar-refractivity contribution >= 4 is 22.6 Å². The summed E-state index contributed by atoms with van der Waals surface area (Å²) in [7, 11) is 0. The minimum Gasteiger partial charge on any atom is -0.311 e. The smallest absolute Gasteiger partial charge is 0.0462 e. The molecule has 0 spiro atoms. The van der Waals surface area contributed by atoms with Crippen molar-refractivity contribution in [3.63, 3.8) is 0 Å². The van der Waals surface area contributed by atoms with E-state index < -0.39 is 0 Å². The van der Waals surface area contributed by atoms with Gasteiger partial charge in [-0.25, -0.2) is 0 Å². The van der Waals surface area contributed by atoms with Gasteiger partial charge < -0.3 is 4.90 Å². The minimum absolute atomic E-state index is 1.11. The average Bonchev–Trinajstić information content (AvgIpc) is 3.00. The lowest BCUT2D eigenvalue weighted by molar-refractivity contribution is 1.04. The molecule has 0 aromatic heterocycles. The highest BCUT2D eigenvalue weighted by atomic mass is 15.1. The normalized spacial score (nSPS) is 12.7. The SMILES string of the molecule is Cc1ccc(-c2ccc(N(c3ccc(C4=CCCC=C4)cc3)c3ccc(-c4ccccc4)cc3)cc2)cc1. The minimum atomic E-state index is 1.11. The molecule has 0 unspecified atom stereocenters. The largest absolute Gasteiger partial charge is 0.311 e. The average molecular weight is 490 g/mol. The van der Waals surface area contributed by atoms with Gasteiger partial charge in [0, 0.05) is 17.1 Å². The van der Waals surface area contributed by atoms with Crippen molar-refractivity contribution in [3.8, 4) is 22.3 Å². The Kier molecular flexibility index (Phi) is 6.74. The first-order chi connectivity index (χ1) is 18.7. The number of nitrogens with zero attached hydrogens (tertiary/aromatic N) is 1. The highest BCUT2D eigenvalue weighted by molar-refractivity contribution is 5.82. The molecule has 0 fully saturated rings. The van der Waals surface area contributed by atoms with E-state index in [1.165, 1.54) is 39.0 Å². The molecule has 5 aromatic rings. The number of benzene rings is 5. The van der Waals surface area contributed by atoms with Gasteiger partial charge in [-0.15, -0.1) is 0 Å². The maximum absolute atomic E-state index is 2.34. The van der Waals surface area contributed by atoms with Gasteiger partial charge in [0.1, 0.15) is 0 Å². The van der Waals surface area contributed by atoms with Gasteiger partial charge in [-0.05, 0) is 89.6 Å². The van der Waals surface area contributed by atoms with Gasteiger partial charge in [0.25, 0.3) is 0 Å². The van der Waals surface area contributed by atoms with Crippen molar-refractivity contribution in [3.05, 3.63) is 157 Å². The van der Waals surface area contributed by atoms with Gasteiger partial charge >= 0.3 is 0 Å². The summed E-state index contributed by atoms with van der Waals surface area (Å²) >= 11 is 0. The Morgan fingerprint density at radius 2 is 0.895 bits per heavy atom. The summed E-state index contributed by atoms with van der Waals surface area (Å²) in [5.41, 5.74) is 12.2. The molecule has 38 heavy (non-hydrogen) atoms. The first kappa shape index (κ1) is 23.8. The van der Waals surface area contributed by atoms with Crippen LogP contribution in [0.25, 0.3) is 27.8 Å². The second kappa shape index (κ2) is 10.8. The number of anilines is 3. The van der Waals surface area contributed by atoms with Gasteiger partial charge in [-0.1, -0.05) is 115 Å². The summed E-state index contributed by atoms with van der Waals surface area (Å²) < 4.78 is 0. The molecule has 1 aliphatic carbocycles. The second-order valence-corrected chi connectivity index (χ2v) is 9.85. The predicted octanol–water partition coefficient (Wildman–Crippen LogP) is 10.5. The molecule has 0 atom stereocenters. The fourth-order valence-electron chi connectivity index (χ4n) is 5.06. The van der Waals surface area contributed by atoms with Crippen LogP contribution in [0.4, 0.5) is 17.1 Å². The van der Waals surface area contributed by atoms with Crippen LogP contribution >= 0.6 is 0 Å². The molecule has 0 N–H and O–H groups in total. The molecule has 6 rings (SSSR count). The number of aryl methyl sites for hydroxylation is 1. The van der Waals surface area contributed by atoms with Crippen LogP contribution < -0.4 is 4.90 Å². The molecular weight excluding hydrogens is 458 g/mol. The van der Waals surface area contributed by atoms with E-state index in [2.05, 4.69) is 157 Å². The van der Waals surface area contributed by atoms with Gasteiger partial charge in [0.2, 0.25) is 0 Å². The fraction of sp³-hybridized carbons (Fsp3) is 0.0811. The highest BCUT2D eigenvalue weighted by Gasteiger charge is 2.14. The van der Waals surface area contributed by atoms with Crippen LogP contribution in [0, 0.1) is 6.92 Å². The molecule has 0 bridgehead atoms. The van der Waals surface area contributed by atoms with E-state index in [9.17, 15) is 0 Å². The number of hydrogen-bond acceptors (Lipinski definition) is 1. The highest BCUT2D eigenvalue weighted by Crippen LogP contribution is 2.37. The molecule has 5 aromatic carbocycles. The van der Waals surface area contributed by atoms with Crippen LogP contribution in [0.1, 0.15) is 24.0 Å². The first-order valence-corrected chi connectivity index (χ1v) is 13.3. The van der Waals surface area contributed by atoms with Crippen LogP contribution in [-0.2, 0) is 0 Å². The fourth-order valence-corrected chi connectivity index (χ4v) is 5.06. The molecule has 0 amide bonds. The van der Waals surface area contributed by atoms with Crippen LogP contribution in [0.5, 0.6) is 0 Å². The predicted molar refractivity (Wildman–Crippen MR) is 163 cm³/mol. The number of rotatable bonds is 6. The molecule has 0 aliphatic heterocycles. The second-order valence-electron chi connectivity index (χ2n) is 9.85. The molecule has 0 heterocycles. The van der Waals surface area contributed by atoms with Crippen molar-refractivity contribution in [2.24, 2.45) is 0 Å². The van der Waals surface area contributed by atoms with Crippen molar-refractivity contribution in [1.82, 2.24) is 0 Å². The summed E-state index contributed by atoms with van der Waals surface area (Å²) in [4.78, 5) is 2.34. The Labute approximate surface area is 226 Å². The van der Waals surface area contributed by atoms with E-state index in [-0.39, 0.29) is 0 Å². The van der Waals surface area contributed by atoms with E-state index in [0.29, 0.717) is 0 Å². The third kappa shape index (κ3) is 5.10. The Hall–Kier alpha value is -4.62. The maximum Gasteiger partial charge on any atom is 0.0462 e. The molecule has 0 radical (unpaired) electrons. The lowest BCUT2D eigenvalue weighted by Gasteiger charge is -2.26. The summed E-state index contributed by atoms with van der Waals surface area (Å²) in [5, 5.41) is 0. The van der Waals surface area contributed by atoms with E-state index in [1.54, 1.807) is 0 Å². The lowest BCUT2D eigenvalue weighted by Crippen LogP contribution is -2.10. The zero-order chi connectivity index (χ0) is 25.7. The molecule has 184 valence electrons. The van der Waals surface area contributed by atoms with Crippen molar-refractivity contribution in [2.45, 2.75) is 19.8 Å². The molecule has 1 aliphatic rings. The number of allylic oxidation sites excluding steroid dienone is 4. The summed E-state index contributed by atoms with van der Waals surface area (Å²) in [6.45, 7) is 2.13. The zero-order valence-electron chi connectivity index (χ0n) is 21.7. The molecular formula is C37H31N.